The van der Waals surface area contributed by atoms with Crippen molar-refractivity contribution >= 4 is 23.3 Å². The average molecular weight is 294 g/mol. The van der Waals surface area contributed by atoms with Crippen molar-refractivity contribution in [3.05, 3.63) is 64.4 Å². The largest absolute Gasteiger partial charge is 0.481 e. The van der Waals surface area contributed by atoms with E-state index in [1.54, 1.807) is 12.1 Å². The van der Waals surface area contributed by atoms with E-state index in [4.69, 9.17) is 16.7 Å². The van der Waals surface area contributed by atoms with Crippen LogP contribution in [0.1, 0.15) is 11.1 Å². The van der Waals surface area contributed by atoms with E-state index in [9.17, 15) is 9.18 Å². The Bertz CT molecular complexity index is 631. The molecule has 0 fully saturated rings. The van der Waals surface area contributed by atoms with Crippen molar-refractivity contribution in [1.29, 1.82) is 0 Å². The standard InChI is InChI=1S/C15H13ClFNO2/c16-13-6-5-12(17)8-14(13)18-9-11-4-2-1-3-10(11)7-15(19)20/h1-6,8,18H,7,9H2,(H,19,20). The highest BCUT2D eigenvalue weighted by Crippen LogP contribution is 2.23. The van der Waals surface area contributed by atoms with Gasteiger partial charge in [-0.1, -0.05) is 35.9 Å². The molecule has 0 aliphatic heterocycles. The number of aliphatic carboxylic acids is 1. The number of carboxylic acids is 1. The summed E-state index contributed by atoms with van der Waals surface area (Å²) in [6.45, 7) is 0.382. The third-order valence-electron chi connectivity index (χ3n) is 2.86. The van der Waals surface area contributed by atoms with Gasteiger partial charge in [-0.15, -0.1) is 0 Å². The van der Waals surface area contributed by atoms with E-state index in [1.165, 1.54) is 18.2 Å². The molecule has 2 N–H and O–H groups in total. The number of carbonyl (C=O) groups is 1. The van der Waals surface area contributed by atoms with Crippen LogP contribution in [-0.2, 0) is 17.8 Å². The van der Waals surface area contributed by atoms with Gasteiger partial charge in [0.2, 0.25) is 0 Å². The molecule has 2 aromatic rings. The van der Waals surface area contributed by atoms with E-state index >= 15 is 0 Å². The number of nitrogens with one attached hydrogen (secondary N) is 1. The molecule has 104 valence electrons. The van der Waals surface area contributed by atoms with E-state index in [1.807, 2.05) is 12.1 Å². The molecule has 0 heterocycles. The molecule has 0 aliphatic rings. The third-order valence-corrected chi connectivity index (χ3v) is 3.19. The van der Waals surface area contributed by atoms with E-state index in [0.717, 1.165) is 11.1 Å². The highest BCUT2D eigenvalue weighted by Gasteiger charge is 2.07. The lowest BCUT2D eigenvalue weighted by Gasteiger charge is -2.11. The minimum atomic E-state index is -0.888. The second kappa shape index (κ2) is 6.39. The smallest absolute Gasteiger partial charge is 0.307 e. The minimum Gasteiger partial charge on any atom is -0.481 e. The summed E-state index contributed by atoms with van der Waals surface area (Å²) in [5.74, 6) is -1.27. The minimum absolute atomic E-state index is 0.0469. The lowest BCUT2D eigenvalue weighted by molar-refractivity contribution is -0.136. The van der Waals surface area contributed by atoms with Gasteiger partial charge in [-0.05, 0) is 29.3 Å². The number of hydrogen-bond donors (Lipinski definition) is 2. The first-order valence-corrected chi connectivity index (χ1v) is 6.41. The molecule has 2 aromatic carbocycles. The van der Waals surface area contributed by atoms with Crippen molar-refractivity contribution in [3.63, 3.8) is 0 Å². The fourth-order valence-electron chi connectivity index (χ4n) is 1.89. The first kappa shape index (κ1) is 14.3. The van der Waals surface area contributed by atoms with Crippen molar-refractivity contribution in [1.82, 2.24) is 0 Å². The molecule has 0 saturated carbocycles. The summed E-state index contributed by atoms with van der Waals surface area (Å²) in [6, 6.07) is 11.3. The van der Waals surface area contributed by atoms with Crippen LogP contribution in [0.15, 0.2) is 42.5 Å². The molecule has 0 saturated heterocycles. The molecule has 0 atom stereocenters. The van der Waals surface area contributed by atoms with Crippen molar-refractivity contribution in [2.45, 2.75) is 13.0 Å². The Balaban J connectivity index is 2.14. The maximum Gasteiger partial charge on any atom is 0.307 e. The zero-order valence-corrected chi connectivity index (χ0v) is 11.3. The van der Waals surface area contributed by atoms with Crippen LogP contribution in [0, 0.1) is 5.82 Å². The number of rotatable bonds is 5. The number of anilines is 1. The zero-order chi connectivity index (χ0) is 14.5. The predicted molar refractivity (Wildman–Crippen MR) is 76.5 cm³/mol. The maximum absolute atomic E-state index is 13.1. The summed E-state index contributed by atoms with van der Waals surface area (Å²) in [4.78, 5) is 10.8. The van der Waals surface area contributed by atoms with Gasteiger partial charge in [-0.3, -0.25) is 4.79 Å². The van der Waals surface area contributed by atoms with Crippen LogP contribution in [0.2, 0.25) is 5.02 Å². The predicted octanol–water partition coefficient (Wildman–Crippen LogP) is 3.72. The van der Waals surface area contributed by atoms with Crippen LogP contribution < -0.4 is 5.32 Å². The van der Waals surface area contributed by atoms with Crippen LogP contribution in [0.5, 0.6) is 0 Å². The van der Waals surface area contributed by atoms with Crippen molar-refractivity contribution < 1.29 is 14.3 Å². The zero-order valence-electron chi connectivity index (χ0n) is 10.6. The monoisotopic (exact) mass is 293 g/mol. The van der Waals surface area contributed by atoms with Crippen LogP contribution in [0.25, 0.3) is 0 Å². The third kappa shape index (κ3) is 3.71. The number of benzene rings is 2. The average Bonchev–Trinajstić information content (AvgIpc) is 2.41. The molecule has 0 aliphatic carbocycles. The number of halogens is 2. The Labute approximate surface area is 121 Å². The normalized spacial score (nSPS) is 10.3. The molecule has 0 amide bonds. The Morgan fingerprint density at radius 2 is 1.90 bits per heavy atom. The molecule has 0 spiro atoms. The van der Waals surface area contributed by atoms with E-state index in [-0.39, 0.29) is 12.2 Å². The highest BCUT2D eigenvalue weighted by atomic mass is 35.5. The van der Waals surface area contributed by atoms with E-state index in [0.29, 0.717) is 17.3 Å². The summed E-state index contributed by atoms with van der Waals surface area (Å²) in [5.41, 5.74) is 2.05. The fourth-order valence-corrected chi connectivity index (χ4v) is 2.07. The van der Waals surface area contributed by atoms with Gasteiger partial charge in [0.15, 0.2) is 0 Å². The Hall–Kier alpha value is -2.07. The van der Waals surface area contributed by atoms with Gasteiger partial charge in [-0.2, -0.15) is 0 Å². The summed E-state index contributed by atoms with van der Waals surface area (Å²) in [5, 5.41) is 12.3. The molecule has 0 aromatic heterocycles. The molecular formula is C15H13ClFNO2. The molecule has 2 rings (SSSR count). The Morgan fingerprint density at radius 3 is 2.60 bits per heavy atom. The van der Waals surface area contributed by atoms with Gasteiger partial charge in [0.1, 0.15) is 5.82 Å². The summed E-state index contributed by atoms with van der Waals surface area (Å²) < 4.78 is 13.1. The number of hydrogen-bond acceptors (Lipinski definition) is 2. The highest BCUT2D eigenvalue weighted by molar-refractivity contribution is 6.33. The second-order valence-corrected chi connectivity index (χ2v) is 4.72. The quantitative estimate of drug-likeness (QED) is 0.883. The SMILES string of the molecule is O=C(O)Cc1ccccc1CNc1cc(F)ccc1Cl. The lowest BCUT2D eigenvalue weighted by atomic mass is 10.0. The molecule has 0 bridgehead atoms. The maximum atomic E-state index is 13.1. The Morgan fingerprint density at radius 1 is 1.20 bits per heavy atom. The van der Waals surface area contributed by atoms with Gasteiger partial charge in [0, 0.05) is 6.54 Å². The van der Waals surface area contributed by atoms with Crippen LogP contribution in [0.4, 0.5) is 10.1 Å². The number of carboxylic acid groups (broad SMARTS) is 1. The van der Waals surface area contributed by atoms with Crippen LogP contribution >= 0.6 is 11.6 Å². The Kier molecular flexibility index (Phi) is 4.58. The van der Waals surface area contributed by atoms with Gasteiger partial charge in [-0.25, -0.2) is 4.39 Å². The topological polar surface area (TPSA) is 49.3 Å². The first-order chi connectivity index (χ1) is 9.56. The lowest BCUT2D eigenvalue weighted by Crippen LogP contribution is -2.07. The molecule has 0 radical (unpaired) electrons. The fraction of sp³-hybridized carbons (Fsp3) is 0.133. The summed E-state index contributed by atoms with van der Waals surface area (Å²) >= 11 is 5.96. The van der Waals surface area contributed by atoms with Crippen molar-refractivity contribution in [2.75, 3.05) is 5.32 Å². The van der Waals surface area contributed by atoms with Gasteiger partial charge >= 0.3 is 5.97 Å². The van der Waals surface area contributed by atoms with E-state index in [2.05, 4.69) is 5.32 Å². The van der Waals surface area contributed by atoms with Crippen LogP contribution in [-0.4, -0.2) is 11.1 Å². The van der Waals surface area contributed by atoms with Gasteiger partial charge in [0.05, 0.1) is 17.1 Å². The molecule has 3 nitrogen and oxygen atoms in total. The van der Waals surface area contributed by atoms with Crippen molar-refractivity contribution in [2.24, 2.45) is 0 Å². The first-order valence-electron chi connectivity index (χ1n) is 6.04. The summed E-state index contributed by atoms with van der Waals surface area (Å²) in [6.07, 6.45) is -0.0469. The summed E-state index contributed by atoms with van der Waals surface area (Å²) in [7, 11) is 0. The molecule has 5 heteroatoms. The van der Waals surface area contributed by atoms with Crippen molar-refractivity contribution in [3.8, 4) is 0 Å². The van der Waals surface area contributed by atoms with E-state index < -0.39 is 5.97 Å². The van der Waals surface area contributed by atoms with Gasteiger partial charge < -0.3 is 10.4 Å². The molecule has 20 heavy (non-hydrogen) atoms. The molecule has 0 unspecified atom stereocenters. The van der Waals surface area contributed by atoms with Gasteiger partial charge in [0.25, 0.3) is 0 Å². The second-order valence-electron chi connectivity index (χ2n) is 4.32. The molecular weight excluding hydrogens is 281 g/mol. The van der Waals surface area contributed by atoms with Crippen LogP contribution in [0.3, 0.4) is 0 Å².